The van der Waals surface area contributed by atoms with Gasteiger partial charge in [-0.15, -0.1) is 0 Å². The molecule has 0 spiro atoms. The maximum Gasteiger partial charge on any atom is 0.255 e. The van der Waals surface area contributed by atoms with Crippen LogP contribution in [0.25, 0.3) is 0 Å². The normalized spacial score (nSPS) is 13.5. The van der Waals surface area contributed by atoms with Gasteiger partial charge in [-0.3, -0.25) is 19.3 Å². The predicted molar refractivity (Wildman–Crippen MR) is 124 cm³/mol. The Morgan fingerprint density at radius 1 is 0.839 bits per heavy atom. The van der Waals surface area contributed by atoms with E-state index in [0.717, 1.165) is 19.8 Å². The Morgan fingerprint density at radius 2 is 1.39 bits per heavy atom. The van der Waals surface area contributed by atoms with Crippen molar-refractivity contribution in [2.45, 2.75) is 29.2 Å². The van der Waals surface area contributed by atoms with E-state index in [2.05, 4.69) is 21.2 Å². The SMILES string of the molecule is O=C(Nc1ccc(Sc2ccc(Br)cc2)cc1)c1ccc(CN2C(=O)CCC2=O)cc1. The third kappa shape index (κ3) is 5.42. The molecule has 0 atom stereocenters. The summed E-state index contributed by atoms with van der Waals surface area (Å²) in [4.78, 5) is 39.5. The summed E-state index contributed by atoms with van der Waals surface area (Å²) in [6.45, 7) is 0.247. The number of benzene rings is 3. The zero-order valence-corrected chi connectivity index (χ0v) is 18.9. The minimum Gasteiger partial charge on any atom is -0.322 e. The van der Waals surface area contributed by atoms with E-state index in [0.29, 0.717) is 11.3 Å². The molecule has 5 nitrogen and oxygen atoms in total. The van der Waals surface area contributed by atoms with Gasteiger partial charge in [0.05, 0.1) is 6.54 Å². The monoisotopic (exact) mass is 494 g/mol. The van der Waals surface area contributed by atoms with Crippen LogP contribution in [-0.4, -0.2) is 22.6 Å². The molecule has 0 radical (unpaired) electrons. The van der Waals surface area contributed by atoms with E-state index < -0.39 is 0 Å². The van der Waals surface area contributed by atoms with Gasteiger partial charge in [-0.2, -0.15) is 0 Å². The summed E-state index contributed by atoms with van der Waals surface area (Å²) < 4.78 is 1.04. The van der Waals surface area contributed by atoms with E-state index in [1.54, 1.807) is 36.0 Å². The van der Waals surface area contributed by atoms with E-state index in [1.807, 2.05) is 48.5 Å². The summed E-state index contributed by atoms with van der Waals surface area (Å²) in [5.41, 5.74) is 2.04. The number of rotatable bonds is 6. The van der Waals surface area contributed by atoms with E-state index in [1.165, 1.54) is 4.90 Å². The first-order valence-electron chi connectivity index (χ1n) is 9.75. The molecule has 0 unspecified atom stereocenters. The minimum absolute atomic E-state index is 0.145. The fraction of sp³-hybridized carbons (Fsp3) is 0.125. The van der Waals surface area contributed by atoms with Crippen molar-refractivity contribution in [3.63, 3.8) is 0 Å². The third-order valence-corrected chi connectivity index (χ3v) is 6.42. The Morgan fingerprint density at radius 3 is 1.97 bits per heavy atom. The molecule has 1 aliphatic rings. The standard InChI is InChI=1S/C24H19BrN2O3S/c25-18-5-9-20(10-6-18)31-21-11-7-19(8-12-21)26-24(30)17-3-1-16(2-4-17)15-27-22(28)13-14-23(27)29/h1-12H,13-15H2,(H,26,30). The molecule has 31 heavy (non-hydrogen) atoms. The van der Waals surface area contributed by atoms with Crippen LogP contribution >= 0.6 is 27.7 Å². The number of hydrogen-bond acceptors (Lipinski definition) is 4. The van der Waals surface area contributed by atoms with Crippen molar-refractivity contribution < 1.29 is 14.4 Å². The number of anilines is 1. The van der Waals surface area contributed by atoms with Crippen LogP contribution in [0, 0.1) is 0 Å². The molecule has 4 rings (SSSR count). The molecular formula is C24H19BrN2O3S. The first kappa shape index (κ1) is 21.3. The van der Waals surface area contributed by atoms with Gasteiger partial charge in [-0.05, 0) is 66.2 Å². The van der Waals surface area contributed by atoms with E-state index in [4.69, 9.17) is 0 Å². The number of carbonyl (C=O) groups excluding carboxylic acids is 3. The number of carbonyl (C=O) groups is 3. The van der Waals surface area contributed by atoms with Crippen LogP contribution in [0.3, 0.4) is 0 Å². The molecule has 0 bridgehead atoms. The summed E-state index contributed by atoms with van der Waals surface area (Å²) in [7, 11) is 0. The lowest BCUT2D eigenvalue weighted by Gasteiger charge is -2.14. The average molecular weight is 495 g/mol. The highest BCUT2D eigenvalue weighted by atomic mass is 79.9. The maximum absolute atomic E-state index is 12.5. The molecule has 1 saturated heterocycles. The zero-order chi connectivity index (χ0) is 21.8. The second-order valence-corrected chi connectivity index (χ2v) is 9.17. The van der Waals surface area contributed by atoms with Crippen LogP contribution in [0.1, 0.15) is 28.8 Å². The van der Waals surface area contributed by atoms with Crippen LogP contribution < -0.4 is 5.32 Å². The molecular weight excluding hydrogens is 476 g/mol. The Labute approximate surface area is 193 Å². The molecule has 3 amide bonds. The van der Waals surface area contributed by atoms with Crippen molar-refractivity contribution in [2.75, 3.05) is 5.32 Å². The number of hydrogen-bond donors (Lipinski definition) is 1. The van der Waals surface area contributed by atoms with Gasteiger partial charge in [-0.25, -0.2) is 0 Å². The van der Waals surface area contributed by atoms with Crippen molar-refractivity contribution in [3.05, 3.63) is 88.4 Å². The Kier molecular flexibility index (Phi) is 6.53. The van der Waals surface area contributed by atoms with Crippen LogP contribution in [-0.2, 0) is 16.1 Å². The fourth-order valence-corrected chi connectivity index (χ4v) is 4.27. The molecule has 1 N–H and O–H groups in total. The lowest BCUT2D eigenvalue weighted by molar-refractivity contribution is -0.139. The largest absolute Gasteiger partial charge is 0.322 e. The number of amides is 3. The molecule has 1 aliphatic heterocycles. The molecule has 1 fully saturated rings. The summed E-state index contributed by atoms with van der Waals surface area (Å²) in [6.07, 6.45) is 0.555. The number of nitrogens with zero attached hydrogens (tertiary/aromatic N) is 1. The van der Waals surface area contributed by atoms with E-state index >= 15 is 0 Å². The molecule has 3 aromatic carbocycles. The highest BCUT2D eigenvalue weighted by Gasteiger charge is 2.28. The van der Waals surface area contributed by atoms with Gasteiger partial charge in [0.2, 0.25) is 11.8 Å². The second-order valence-electron chi connectivity index (χ2n) is 7.11. The van der Waals surface area contributed by atoms with Gasteiger partial charge in [0.15, 0.2) is 0 Å². The summed E-state index contributed by atoms with van der Waals surface area (Å²) in [6, 6.07) is 22.7. The van der Waals surface area contributed by atoms with E-state index in [9.17, 15) is 14.4 Å². The van der Waals surface area contributed by atoms with Crippen LogP contribution in [0.15, 0.2) is 87.1 Å². The third-order valence-electron chi connectivity index (χ3n) is 4.87. The highest BCUT2D eigenvalue weighted by molar-refractivity contribution is 9.10. The smallest absolute Gasteiger partial charge is 0.255 e. The van der Waals surface area contributed by atoms with Gasteiger partial charge >= 0.3 is 0 Å². The lowest BCUT2D eigenvalue weighted by atomic mass is 10.1. The van der Waals surface area contributed by atoms with Crippen molar-refractivity contribution in [3.8, 4) is 0 Å². The molecule has 3 aromatic rings. The Bertz CT molecular complexity index is 1100. The van der Waals surface area contributed by atoms with Gasteiger partial charge in [0, 0.05) is 38.4 Å². The number of halogens is 1. The molecule has 0 aliphatic carbocycles. The first-order valence-corrected chi connectivity index (χ1v) is 11.4. The van der Waals surface area contributed by atoms with Crippen LogP contribution in [0.5, 0.6) is 0 Å². The Balaban J connectivity index is 1.35. The van der Waals surface area contributed by atoms with Gasteiger partial charge in [-0.1, -0.05) is 39.8 Å². The number of imide groups is 1. The van der Waals surface area contributed by atoms with Crippen molar-refractivity contribution >= 4 is 51.1 Å². The minimum atomic E-state index is -0.215. The maximum atomic E-state index is 12.5. The van der Waals surface area contributed by atoms with E-state index in [-0.39, 0.29) is 37.1 Å². The van der Waals surface area contributed by atoms with Crippen LogP contribution in [0.2, 0.25) is 0 Å². The molecule has 156 valence electrons. The first-order chi connectivity index (χ1) is 15.0. The van der Waals surface area contributed by atoms with Gasteiger partial charge < -0.3 is 5.32 Å². The van der Waals surface area contributed by atoms with Crippen molar-refractivity contribution in [2.24, 2.45) is 0 Å². The highest BCUT2D eigenvalue weighted by Crippen LogP contribution is 2.29. The van der Waals surface area contributed by atoms with Gasteiger partial charge in [0.25, 0.3) is 5.91 Å². The van der Waals surface area contributed by atoms with Crippen molar-refractivity contribution in [1.29, 1.82) is 0 Å². The summed E-state index contributed by atoms with van der Waals surface area (Å²) in [5, 5.41) is 2.89. The lowest BCUT2D eigenvalue weighted by Crippen LogP contribution is -2.28. The fourth-order valence-electron chi connectivity index (χ4n) is 3.19. The second kappa shape index (κ2) is 9.49. The Hall–Kier alpha value is -2.90. The summed E-state index contributed by atoms with van der Waals surface area (Å²) in [5.74, 6) is -0.504. The predicted octanol–water partition coefficient (Wildman–Crippen LogP) is 5.50. The number of nitrogens with one attached hydrogen (secondary N) is 1. The zero-order valence-electron chi connectivity index (χ0n) is 16.5. The topological polar surface area (TPSA) is 66.5 Å². The molecule has 7 heteroatoms. The average Bonchev–Trinajstić information content (AvgIpc) is 3.09. The van der Waals surface area contributed by atoms with Gasteiger partial charge in [0.1, 0.15) is 0 Å². The molecule has 0 aromatic heterocycles. The molecule has 1 heterocycles. The molecule has 0 saturated carbocycles. The van der Waals surface area contributed by atoms with Crippen LogP contribution in [0.4, 0.5) is 5.69 Å². The number of likely N-dealkylation sites (tertiary alicyclic amines) is 1. The summed E-state index contributed by atoms with van der Waals surface area (Å²) >= 11 is 5.08. The quantitative estimate of drug-likeness (QED) is 0.459. The van der Waals surface area contributed by atoms with Crippen molar-refractivity contribution in [1.82, 2.24) is 4.90 Å².